The number of halogens is 2. The Hall–Kier alpha value is -4.10. The molecule has 3 atom stereocenters. The summed E-state index contributed by atoms with van der Waals surface area (Å²) in [5, 5.41) is 28.7. The van der Waals surface area contributed by atoms with Crippen molar-refractivity contribution in [2.24, 2.45) is 17.3 Å². The summed E-state index contributed by atoms with van der Waals surface area (Å²) < 4.78 is 39.8. The summed E-state index contributed by atoms with van der Waals surface area (Å²) in [4.78, 5) is 62.1. The number of phenolic OH excluding ortho intramolecular Hbond substituents is 1. The largest absolute Gasteiger partial charge is 0.508 e. The Labute approximate surface area is 220 Å². The van der Waals surface area contributed by atoms with E-state index in [4.69, 9.17) is 9.84 Å². The Morgan fingerprint density at radius 3 is 2.46 bits per heavy atom. The van der Waals surface area contributed by atoms with Crippen molar-refractivity contribution in [2.45, 2.75) is 51.4 Å². The molecule has 14 heteroatoms. The smallest absolute Gasteiger partial charge is 0.381 e. The number of carboxylic acids is 1. The Morgan fingerprint density at radius 1 is 1.21 bits per heavy atom. The van der Waals surface area contributed by atoms with Gasteiger partial charge in [0.1, 0.15) is 17.3 Å². The first-order chi connectivity index (χ1) is 18.2. The molecule has 212 valence electrons. The summed E-state index contributed by atoms with van der Waals surface area (Å²) in [6.07, 6.45) is 1.53. The number of unbranched alkanes of at least 4 members (excludes halogenated alkanes) is 1. The minimum atomic E-state index is -4.31. The fraction of sp³-hybridized carbons (Fsp3) is 0.520. The number of aromatic hydroxyl groups is 1. The molecular formula is C25H27F2NO11. The van der Waals surface area contributed by atoms with Gasteiger partial charge in [0, 0.05) is 41.5 Å². The van der Waals surface area contributed by atoms with E-state index in [9.17, 15) is 34.4 Å². The van der Waals surface area contributed by atoms with E-state index in [-0.39, 0.29) is 49.1 Å². The lowest BCUT2D eigenvalue weighted by molar-refractivity contribution is -0.757. The molecule has 2 bridgehead atoms. The highest BCUT2D eigenvalue weighted by atomic mass is 19.3. The number of ketones is 1. The molecule has 0 amide bonds. The van der Waals surface area contributed by atoms with Gasteiger partial charge in [0.15, 0.2) is 0 Å². The fourth-order valence-electron chi connectivity index (χ4n) is 5.24. The second-order valence-corrected chi connectivity index (χ2v) is 9.97. The van der Waals surface area contributed by atoms with Crippen molar-refractivity contribution in [2.75, 3.05) is 13.2 Å². The van der Waals surface area contributed by atoms with Gasteiger partial charge < -0.3 is 24.5 Å². The number of fused-ring (bicyclic) bond motifs is 2. The van der Waals surface area contributed by atoms with Crippen molar-refractivity contribution in [3.8, 4) is 11.5 Å². The first kappa shape index (κ1) is 29.5. The van der Waals surface area contributed by atoms with Crippen LogP contribution in [0.5, 0.6) is 11.5 Å². The van der Waals surface area contributed by atoms with Crippen LogP contribution in [-0.2, 0) is 34.7 Å². The van der Waals surface area contributed by atoms with Crippen LogP contribution >= 0.6 is 0 Å². The molecule has 0 aromatic heterocycles. The number of alkyl halides is 2. The van der Waals surface area contributed by atoms with Gasteiger partial charge in [-0.25, -0.2) is 14.4 Å². The van der Waals surface area contributed by atoms with Gasteiger partial charge >= 0.3 is 23.8 Å². The number of carbonyl (C=O) groups excluding carboxylic acids is 3. The molecule has 0 aliphatic heterocycles. The molecule has 1 aromatic rings. The Bertz CT molecular complexity index is 1210. The highest BCUT2D eigenvalue weighted by molar-refractivity contribution is 5.92. The average molecular weight is 555 g/mol. The van der Waals surface area contributed by atoms with E-state index in [1.807, 2.05) is 13.8 Å². The van der Waals surface area contributed by atoms with Crippen LogP contribution in [0.2, 0.25) is 0 Å². The zero-order chi connectivity index (χ0) is 29.1. The molecule has 0 radical (unpaired) electrons. The third-order valence-corrected chi connectivity index (χ3v) is 7.29. The lowest BCUT2D eigenvalue weighted by atomic mass is 9.44. The minimum Gasteiger partial charge on any atom is -0.508 e. The maximum atomic E-state index is 15.0. The predicted octanol–water partition coefficient (Wildman–Crippen LogP) is 3.28. The van der Waals surface area contributed by atoms with E-state index in [1.54, 1.807) is 0 Å². The van der Waals surface area contributed by atoms with Gasteiger partial charge in [-0.15, -0.1) is 10.1 Å². The molecule has 12 nitrogen and oxygen atoms in total. The highest BCUT2D eigenvalue weighted by Crippen LogP contribution is 2.64. The summed E-state index contributed by atoms with van der Waals surface area (Å²) in [6, 6.07) is 1.31. The third-order valence-electron chi connectivity index (χ3n) is 7.29. The number of nitrogens with zero attached hydrogens (tertiary/aromatic N) is 1. The van der Waals surface area contributed by atoms with Crippen molar-refractivity contribution in [1.82, 2.24) is 0 Å². The molecule has 0 spiro atoms. The summed E-state index contributed by atoms with van der Waals surface area (Å²) in [6.45, 7) is 2.93. The Balaban J connectivity index is 1.89. The first-order valence-corrected chi connectivity index (χ1v) is 12.0. The van der Waals surface area contributed by atoms with Crippen LogP contribution in [0.1, 0.15) is 56.6 Å². The number of aliphatic carboxylic acids is 1. The molecule has 2 N–H and O–H groups in total. The molecule has 0 heterocycles. The second-order valence-electron chi connectivity index (χ2n) is 9.97. The van der Waals surface area contributed by atoms with Crippen LogP contribution in [0, 0.1) is 27.4 Å². The van der Waals surface area contributed by atoms with Gasteiger partial charge in [0.25, 0.3) is 5.09 Å². The van der Waals surface area contributed by atoms with Crippen LogP contribution in [-0.4, -0.2) is 52.2 Å². The number of phenols is 1. The number of ether oxygens (including phenoxy) is 2. The van der Waals surface area contributed by atoms with E-state index >= 15 is 8.78 Å². The summed E-state index contributed by atoms with van der Waals surface area (Å²) >= 11 is 0. The number of hydrogen-bond acceptors (Lipinski definition) is 10. The monoisotopic (exact) mass is 555 g/mol. The molecule has 3 aliphatic carbocycles. The minimum absolute atomic E-state index is 0.00744. The first-order valence-electron chi connectivity index (χ1n) is 12.0. The van der Waals surface area contributed by atoms with Gasteiger partial charge in [0.2, 0.25) is 0 Å². The van der Waals surface area contributed by atoms with E-state index < -0.39 is 63.9 Å². The van der Waals surface area contributed by atoms with Gasteiger partial charge in [-0.1, -0.05) is 13.8 Å². The average Bonchev–Trinajstić information content (AvgIpc) is 2.83. The number of hydrogen-bond donors (Lipinski definition) is 2. The molecule has 39 heavy (non-hydrogen) atoms. The fourth-order valence-corrected chi connectivity index (χ4v) is 5.24. The molecule has 1 aromatic carbocycles. The standard InChI is InChI=1S/C25H27F2NO11/c1-24(2)15-12-16(24)17(29)11-14(15)22-18(30)9-13(10-19(22)39-21(33)6-5-20(31)32)25(26,27)23(34)37-7-3-4-8-38-28(35)36/h5-6,9-10,14-16,30H,3-4,7-8,11-12H2,1-2H3,(H,31,32)/t14-,15-,16+/m0/s1. The van der Waals surface area contributed by atoms with Crippen molar-refractivity contribution >= 4 is 23.7 Å². The van der Waals surface area contributed by atoms with Crippen molar-refractivity contribution in [3.05, 3.63) is 45.5 Å². The SMILES string of the molecule is CC1(C)[C@@H]2C[C@H]1[C@@H](c1c(O)cc(C(F)(F)C(=O)OCCCCO[N+](=O)[O-])cc1OC(=O)C=CC(=O)O)CC2=O. The zero-order valence-corrected chi connectivity index (χ0v) is 21.1. The quantitative estimate of drug-likeness (QED) is 0.0965. The number of carbonyl (C=O) groups is 4. The van der Waals surface area contributed by atoms with Crippen LogP contribution in [0.15, 0.2) is 24.3 Å². The number of esters is 2. The number of rotatable bonds is 12. The maximum absolute atomic E-state index is 15.0. The zero-order valence-electron chi connectivity index (χ0n) is 21.1. The number of Topliss-reactive ketones (excluding diaryl/α,β-unsaturated/α-hetero) is 1. The molecule has 4 rings (SSSR count). The molecule has 0 unspecified atom stereocenters. The summed E-state index contributed by atoms with van der Waals surface area (Å²) in [7, 11) is 0. The van der Waals surface area contributed by atoms with Gasteiger partial charge in [-0.3, -0.25) is 4.79 Å². The maximum Gasteiger partial charge on any atom is 0.381 e. The van der Waals surface area contributed by atoms with Crippen LogP contribution < -0.4 is 4.74 Å². The molecule has 3 fully saturated rings. The summed E-state index contributed by atoms with van der Waals surface area (Å²) in [5.74, 6) is -11.4. The van der Waals surface area contributed by atoms with Gasteiger partial charge in [-0.2, -0.15) is 8.78 Å². The van der Waals surface area contributed by atoms with Crippen molar-refractivity contribution in [1.29, 1.82) is 0 Å². The molecule has 0 saturated heterocycles. The van der Waals surface area contributed by atoms with Crippen LogP contribution in [0.4, 0.5) is 8.78 Å². The molecule has 3 saturated carbocycles. The van der Waals surface area contributed by atoms with E-state index in [2.05, 4.69) is 9.57 Å². The number of carboxylic acid groups (broad SMARTS) is 1. The second kappa shape index (κ2) is 11.3. The van der Waals surface area contributed by atoms with Crippen LogP contribution in [0.25, 0.3) is 0 Å². The Kier molecular flexibility index (Phi) is 8.56. The van der Waals surface area contributed by atoms with Crippen molar-refractivity contribution < 1.29 is 57.6 Å². The van der Waals surface area contributed by atoms with E-state index in [0.29, 0.717) is 30.7 Å². The molecular weight excluding hydrogens is 528 g/mol. The highest BCUT2D eigenvalue weighted by Gasteiger charge is 2.59. The third kappa shape index (κ3) is 6.32. The normalized spacial score (nSPS) is 21.6. The summed E-state index contributed by atoms with van der Waals surface area (Å²) in [5.41, 5.74) is -1.59. The van der Waals surface area contributed by atoms with Crippen LogP contribution in [0.3, 0.4) is 0 Å². The predicted molar refractivity (Wildman–Crippen MR) is 125 cm³/mol. The lowest BCUT2D eigenvalue weighted by Crippen LogP contribution is -2.56. The Morgan fingerprint density at radius 2 is 1.87 bits per heavy atom. The van der Waals surface area contributed by atoms with Crippen molar-refractivity contribution in [3.63, 3.8) is 0 Å². The topological polar surface area (TPSA) is 180 Å². The van der Waals surface area contributed by atoms with E-state index in [1.165, 1.54) is 0 Å². The van der Waals surface area contributed by atoms with Gasteiger partial charge in [0.05, 0.1) is 13.2 Å². The van der Waals surface area contributed by atoms with E-state index in [0.717, 1.165) is 0 Å². The lowest BCUT2D eigenvalue weighted by Gasteiger charge is -2.59. The number of benzene rings is 1. The molecule has 3 aliphatic rings. The van der Waals surface area contributed by atoms with Gasteiger partial charge in [-0.05, 0) is 42.7 Å².